The van der Waals surface area contributed by atoms with Crippen LogP contribution in [0.25, 0.3) is 0 Å². The van der Waals surface area contributed by atoms with Crippen LogP contribution in [0.4, 0.5) is 9.18 Å². The highest BCUT2D eigenvalue weighted by Crippen LogP contribution is 2.13. The molecule has 1 aromatic carbocycles. The van der Waals surface area contributed by atoms with E-state index >= 15 is 0 Å². The molecule has 6 heteroatoms. The Morgan fingerprint density at radius 1 is 1.41 bits per heavy atom. The molecule has 0 radical (unpaired) electrons. The standard InChI is InChI=1S/C16H21FN4O/c1-3-20(11-12-21-10-4-9-18-21)16(22)19-13(2)14-5-7-15(17)8-6-14/h4-10,13H,3,11-12H2,1-2H3,(H,19,22)/t13-/m0/s1. The van der Waals surface area contributed by atoms with E-state index in [-0.39, 0.29) is 17.9 Å². The quantitative estimate of drug-likeness (QED) is 0.892. The molecular weight excluding hydrogens is 283 g/mol. The first-order valence-electron chi connectivity index (χ1n) is 7.38. The molecule has 0 unspecified atom stereocenters. The molecule has 1 heterocycles. The molecule has 0 fully saturated rings. The van der Waals surface area contributed by atoms with Crippen LogP contribution >= 0.6 is 0 Å². The molecule has 1 N–H and O–H groups in total. The molecule has 0 aliphatic carbocycles. The summed E-state index contributed by atoms with van der Waals surface area (Å²) in [5.41, 5.74) is 0.873. The predicted molar refractivity (Wildman–Crippen MR) is 82.8 cm³/mol. The molecule has 1 aromatic heterocycles. The number of amides is 2. The van der Waals surface area contributed by atoms with Crippen LogP contribution < -0.4 is 5.32 Å². The molecule has 0 aliphatic heterocycles. The maximum absolute atomic E-state index is 12.9. The van der Waals surface area contributed by atoms with E-state index in [9.17, 15) is 9.18 Å². The van der Waals surface area contributed by atoms with Crippen LogP contribution in [0, 0.1) is 5.82 Å². The maximum atomic E-state index is 12.9. The number of hydrogen-bond acceptors (Lipinski definition) is 2. The van der Waals surface area contributed by atoms with Crippen molar-refractivity contribution >= 4 is 6.03 Å². The minimum atomic E-state index is -0.281. The molecule has 0 spiro atoms. The lowest BCUT2D eigenvalue weighted by atomic mass is 10.1. The number of nitrogens with zero attached hydrogens (tertiary/aromatic N) is 3. The van der Waals surface area contributed by atoms with Crippen LogP contribution in [0.2, 0.25) is 0 Å². The van der Waals surface area contributed by atoms with Crippen LogP contribution in [-0.2, 0) is 6.54 Å². The van der Waals surface area contributed by atoms with Gasteiger partial charge in [-0.1, -0.05) is 12.1 Å². The summed E-state index contributed by atoms with van der Waals surface area (Å²) in [6, 6.07) is 7.70. The molecule has 22 heavy (non-hydrogen) atoms. The Labute approximate surface area is 129 Å². The average Bonchev–Trinajstić information content (AvgIpc) is 3.01. The van der Waals surface area contributed by atoms with Gasteiger partial charge < -0.3 is 10.2 Å². The topological polar surface area (TPSA) is 50.2 Å². The lowest BCUT2D eigenvalue weighted by molar-refractivity contribution is 0.194. The van der Waals surface area contributed by atoms with E-state index in [1.807, 2.05) is 26.1 Å². The van der Waals surface area contributed by atoms with Crippen LogP contribution in [0.5, 0.6) is 0 Å². The summed E-state index contributed by atoms with van der Waals surface area (Å²) in [6.45, 7) is 5.67. The first-order chi connectivity index (χ1) is 10.6. The van der Waals surface area contributed by atoms with Gasteiger partial charge in [-0.25, -0.2) is 9.18 Å². The van der Waals surface area contributed by atoms with Crippen molar-refractivity contribution in [3.05, 3.63) is 54.1 Å². The van der Waals surface area contributed by atoms with Gasteiger partial charge in [0.2, 0.25) is 0 Å². The van der Waals surface area contributed by atoms with Gasteiger partial charge in [0.25, 0.3) is 0 Å². The van der Waals surface area contributed by atoms with E-state index < -0.39 is 0 Å². The van der Waals surface area contributed by atoms with E-state index in [0.29, 0.717) is 19.6 Å². The van der Waals surface area contributed by atoms with Crippen molar-refractivity contribution in [1.82, 2.24) is 20.0 Å². The summed E-state index contributed by atoms with van der Waals surface area (Å²) < 4.78 is 14.7. The van der Waals surface area contributed by atoms with Crippen molar-refractivity contribution < 1.29 is 9.18 Å². The van der Waals surface area contributed by atoms with Crippen LogP contribution in [-0.4, -0.2) is 33.8 Å². The highest BCUT2D eigenvalue weighted by atomic mass is 19.1. The number of nitrogens with one attached hydrogen (secondary N) is 1. The van der Waals surface area contributed by atoms with Gasteiger partial charge in [0, 0.05) is 25.5 Å². The van der Waals surface area contributed by atoms with E-state index in [1.54, 1.807) is 27.9 Å². The van der Waals surface area contributed by atoms with Crippen molar-refractivity contribution in [3.8, 4) is 0 Å². The lowest BCUT2D eigenvalue weighted by Gasteiger charge is -2.24. The Hall–Kier alpha value is -2.37. The Morgan fingerprint density at radius 2 is 2.14 bits per heavy atom. The van der Waals surface area contributed by atoms with Crippen molar-refractivity contribution in [2.24, 2.45) is 0 Å². The largest absolute Gasteiger partial charge is 0.331 e. The Kier molecular flexibility index (Phi) is 5.52. The third kappa shape index (κ3) is 4.31. The van der Waals surface area contributed by atoms with Gasteiger partial charge >= 0.3 is 6.03 Å². The molecule has 0 bridgehead atoms. The van der Waals surface area contributed by atoms with Crippen molar-refractivity contribution in [2.75, 3.05) is 13.1 Å². The number of carbonyl (C=O) groups is 1. The number of halogens is 1. The molecule has 118 valence electrons. The molecule has 0 aliphatic rings. The number of carbonyl (C=O) groups excluding carboxylic acids is 1. The van der Waals surface area contributed by atoms with E-state index in [4.69, 9.17) is 0 Å². The van der Waals surface area contributed by atoms with Gasteiger partial charge in [-0.2, -0.15) is 5.10 Å². The fourth-order valence-corrected chi connectivity index (χ4v) is 2.17. The summed E-state index contributed by atoms with van der Waals surface area (Å²) in [7, 11) is 0. The van der Waals surface area contributed by atoms with Gasteiger partial charge in [0.05, 0.1) is 12.6 Å². The minimum absolute atomic E-state index is 0.133. The molecule has 5 nitrogen and oxygen atoms in total. The average molecular weight is 304 g/mol. The summed E-state index contributed by atoms with van der Waals surface area (Å²) in [6.07, 6.45) is 3.58. The number of rotatable bonds is 6. The van der Waals surface area contributed by atoms with Crippen LogP contribution in [0.1, 0.15) is 25.5 Å². The summed E-state index contributed by atoms with van der Waals surface area (Å²) in [5.74, 6) is -0.281. The number of urea groups is 1. The fraction of sp³-hybridized carbons (Fsp3) is 0.375. The maximum Gasteiger partial charge on any atom is 0.317 e. The Balaban J connectivity index is 1.89. The highest BCUT2D eigenvalue weighted by Gasteiger charge is 2.15. The predicted octanol–water partition coefficient (Wildman–Crippen LogP) is 2.81. The first-order valence-corrected chi connectivity index (χ1v) is 7.38. The third-order valence-electron chi connectivity index (χ3n) is 3.54. The van der Waals surface area contributed by atoms with Gasteiger partial charge in [-0.3, -0.25) is 4.68 Å². The SMILES string of the molecule is CCN(CCn1cccn1)C(=O)N[C@@H](C)c1ccc(F)cc1. The van der Waals surface area contributed by atoms with Gasteiger partial charge in [0.15, 0.2) is 0 Å². The van der Waals surface area contributed by atoms with Crippen LogP contribution in [0.3, 0.4) is 0 Å². The Morgan fingerprint density at radius 3 is 2.73 bits per heavy atom. The zero-order chi connectivity index (χ0) is 15.9. The molecular formula is C16H21FN4O. The summed E-state index contributed by atoms with van der Waals surface area (Å²) in [4.78, 5) is 14.0. The molecule has 0 saturated heterocycles. The van der Waals surface area contributed by atoms with Crippen molar-refractivity contribution in [2.45, 2.75) is 26.4 Å². The van der Waals surface area contributed by atoms with Gasteiger partial charge in [-0.05, 0) is 37.6 Å². The van der Waals surface area contributed by atoms with Gasteiger partial charge in [0.1, 0.15) is 5.82 Å². The van der Waals surface area contributed by atoms with Gasteiger partial charge in [-0.15, -0.1) is 0 Å². The van der Waals surface area contributed by atoms with Crippen LogP contribution in [0.15, 0.2) is 42.7 Å². The second-order valence-corrected chi connectivity index (χ2v) is 5.07. The fourth-order valence-electron chi connectivity index (χ4n) is 2.17. The van der Waals surface area contributed by atoms with E-state index in [2.05, 4.69) is 10.4 Å². The minimum Gasteiger partial charge on any atom is -0.331 e. The first kappa shape index (κ1) is 16.0. The number of likely N-dealkylation sites (N-methyl/N-ethyl adjacent to an activating group) is 1. The third-order valence-corrected chi connectivity index (χ3v) is 3.54. The lowest BCUT2D eigenvalue weighted by Crippen LogP contribution is -2.42. The second kappa shape index (κ2) is 7.59. The molecule has 0 saturated carbocycles. The normalized spacial score (nSPS) is 12.0. The van der Waals surface area contributed by atoms with Crippen molar-refractivity contribution in [3.63, 3.8) is 0 Å². The second-order valence-electron chi connectivity index (χ2n) is 5.07. The van der Waals surface area contributed by atoms with E-state index in [0.717, 1.165) is 5.56 Å². The number of aromatic nitrogens is 2. The molecule has 2 aromatic rings. The smallest absolute Gasteiger partial charge is 0.317 e. The zero-order valence-electron chi connectivity index (χ0n) is 12.9. The summed E-state index contributed by atoms with van der Waals surface area (Å²) >= 11 is 0. The zero-order valence-corrected chi connectivity index (χ0v) is 12.9. The molecule has 2 amide bonds. The number of benzene rings is 1. The molecule has 1 atom stereocenters. The van der Waals surface area contributed by atoms with Crippen molar-refractivity contribution in [1.29, 1.82) is 0 Å². The monoisotopic (exact) mass is 304 g/mol. The summed E-state index contributed by atoms with van der Waals surface area (Å²) in [5, 5.41) is 7.05. The Bertz CT molecular complexity index is 583. The number of hydrogen-bond donors (Lipinski definition) is 1. The molecule has 2 rings (SSSR count). The van der Waals surface area contributed by atoms with E-state index in [1.165, 1.54) is 12.1 Å². The highest BCUT2D eigenvalue weighted by molar-refractivity contribution is 5.74.